The fourth-order valence-corrected chi connectivity index (χ4v) is 3.17. The Morgan fingerprint density at radius 3 is 2.15 bits per heavy atom. The molecule has 0 atom stereocenters. The van der Waals surface area contributed by atoms with E-state index in [4.69, 9.17) is 4.74 Å². The number of nitrogens with zero attached hydrogens (tertiary/aromatic N) is 1. The van der Waals surface area contributed by atoms with Gasteiger partial charge >= 0.3 is 0 Å². The lowest BCUT2D eigenvalue weighted by Gasteiger charge is -2.22. The summed E-state index contributed by atoms with van der Waals surface area (Å²) in [6, 6.07) is 23.5. The molecule has 0 aliphatic heterocycles. The fraction of sp³-hybridized carbons (Fsp3) is 0.192. The second kappa shape index (κ2) is 11.5. The highest BCUT2D eigenvalue weighted by Crippen LogP contribution is 2.15. The molecule has 0 spiro atoms. The van der Waals surface area contributed by atoms with Gasteiger partial charge in [0.15, 0.2) is 0 Å². The van der Waals surface area contributed by atoms with Crippen LogP contribution in [0.2, 0.25) is 0 Å². The van der Waals surface area contributed by atoms with Crippen LogP contribution in [0.25, 0.3) is 0 Å². The van der Waals surface area contributed by atoms with Crippen LogP contribution in [0, 0.1) is 6.92 Å². The minimum Gasteiger partial charge on any atom is -0.497 e. The summed E-state index contributed by atoms with van der Waals surface area (Å²) in [5.74, 6) is -0.362. The maximum atomic E-state index is 13.1. The number of nitrogens with one attached hydrogen (secondary N) is 2. The molecule has 0 radical (unpaired) electrons. The van der Waals surface area contributed by atoms with Gasteiger partial charge in [-0.1, -0.05) is 48.0 Å². The van der Waals surface area contributed by atoms with Crippen molar-refractivity contribution in [1.29, 1.82) is 0 Å². The zero-order valence-corrected chi connectivity index (χ0v) is 18.7. The number of ether oxygens (including phenoxy) is 1. The number of benzene rings is 3. The second-order valence-electron chi connectivity index (χ2n) is 7.57. The summed E-state index contributed by atoms with van der Waals surface area (Å²) in [5.41, 5.74) is 3.04. The first kappa shape index (κ1) is 23.5. The molecule has 3 aromatic rings. The van der Waals surface area contributed by atoms with E-state index in [1.807, 2.05) is 49.4 Å². The molecule has 3 aromatic carbocycles. The van der Waals surface area contributed by atoms with Crippen LogP contribution in [0.1, 0.15) is 21.5 Å². The molecule has 2 N–H and O–H groups in total. The van der Waals surface area contributed by atoms with E-state index >= 15 is 0 Å². The Bertz CT molecular complexity index is 1080. The predicted molar refractivity (Wildman–Crippen MR) is 127 cm³/mol. The smallest absolute Gasteiger partial charge is 0.254 e. The van der Waals surface area contributed by atoms with E-state index in [-0.39, 0.29) is 31.4 Å². The van der Waals surface area contributed by atoms with Crippen LogP contribution in [0.15, 0.2) is 78.9 Å². The summed E-state index contributed by atoms with van der Waals surface area (Å²) in [5, 5.41) is 5.29. The first-order chi connectivity index (χ1) is 15.9. The van der Waals surface area contributed by atoms with E-state index in [1.54, 1.807) is 43.5 Å². The third-order valence-corrected chi connectivity index (χ3v) is 4.96. The number of rotatable bonds is 9. The zero-order valence-electron chi connectivity index (χ0n) is 18.7. The van der Waals surface area contributed by atoms with Crippen molar-refractivity contribution in [2.24, 2.45) is 0 Å². The van der Waals surface area contributed by atoms with Crippen LogP contribution >= 0.6 is 0 Å². The molecule has 0 aliphatic carbocycles. The van der Waals surface area contributed by atoms with Crippen LogP contribution in [0.3, 0.4) is 0 Å². The molecule has 3 rings (SSSR count). The standard InChI is InChI=1S/C26H27N3O4/c1-19-8-10-21(11-9-19)26(32)29(17-20-6-4-3-5-7-20)18-25(31)27-16-24(30)28-22-12-14-23(33-2)15-13-22/h3-15H,16-18H2,1-2H3,(H,27,31)(H,28,30). The lowest BCUT2D eigenvalue weighted by Crippen LogP contribution is -2.42. The number of hydrogen-bond acceptors (Lipinski definition) is 4. The lowest BCUT2D eigenvalue weighted by atomic mass is 10.1. The molecule has 0 unspecified atom stereocenters. The van der Waals surface area contributed by atoms with E-state index in [1.165, 1.54) is 4.90 Å². The third kappa shape index (κ3) is 7.21. The molecule has 0 heterocycles. The van der Waals surface area contributed by atoms with E-state index in [0.29, 0.717) is 17.0 Å². The predicted octanol–water partition coefficient (Wildman–Crippen LogP) is 3.40. The Balaban J connectivity index is 1.60. The third-order valence-electron chi connectivity index (χ3n) is 4.96. The quantitative estimate of drug-likeness (QED) is 0.529. The van der Waals surface area contributed by atoms with Crippen molar-refractivity contribution in [3.8, 4) is 5.75 Å². The van der Waals surface area contributed by atoms with E-state index in [0.717, 1.165) is 11.1 Å². The van der Waals surface area contributed by atoms with Gasteiger partial charge in [-0.15, -0.1) is 0 Å². The van der Waals surface area contributed by atoms with E-state index < -0.39 is 5.91 Å². The van der Waals surface area contributed by atoms with Crippen LogP contribution < -0.4 is 15.4 Å². The van der Waals surface area contributed by atoms with E-state index in [9.17, 15) is 14.4 Å². The number of carbonyl (C=O) groups excluding carboxylic acids is 3. The van der Waals surface area contributed by atoms with Gasteiger partial charge in [0.1, 0.15) is 12.3 Å². The Kier molecular flexibility index (Phi) is 8.18. The number of amides is 3. The Hall–Kier alpha value is -4.13. The second-order valence-corrected chi connectivity index (χ2v) is 7.57. The fourth-order valence-electron chi connectivity index (χ4n) is 3.17. The van der Waals surface area contributed by atoms with Gasteiger partial charge in [0.2, 0.25) is 11.8 Å². The monoisotopic (exact) mass is 445 g/mol. The normalized spacial score (nSPS) is 10.2. The largest absolute Gasteiger partial charge is 0.497 e. The zero-order chi connectivity index (χ0) is 23.6. The molecule has 7 heteroatoms. The molecule has 0 fully saturated rings. The first-order valence-electron chi connectivity index (χ1n) is 10.5. The van der Waals surface area contributed by atoms with Gasteiger partial charge in [-0.3, -0.25) is 14.4 Å². The van der Waals surface area contributed by atoms with Crippen LogP contribution in [-0.2, 0) is 16.1 Å². The van der Waals surface area contributed by atoms with E-state index in [2.05, 4.69) is 10.6 Å². The summed E-state index contributed by atoms with van der Waals surface area (Å²) in [7, 11) is 1.56. The van der Waals surface area contributed by atoms with Crippen molar-refractivity contribution in [3.05, 3.63) is 95.6 Å². The van der Waals surface area contributed by atoms with Gasteiger partial charge in [0, 0.05) is 17.8 Å². The summed E-state index contributed by atoms with van der Waals surface area (Å²) >= 11 is 0. The highest BCUT2D eigenvalue weighted by atomic mass is 16.5. The number of methoxy groups -OCH3 is 1. The first-order valence-corrected chi connectivity index (χ1v) is 10.5. The Morgan fingerprint density at radius 1 is 0.848 bits per heavy atom. The summed E-state index contributed by atoms with van der Waals surface area (Å²) in [6.07, 6.45) is 0. The number of aryl methyl sites for hydroxylation is 1. The molecule has 7 nitrogen and oxygen atoms in total. The van der Waals surface area contributed by atoms with Gasteiger partial charge in [-0.2, -0.15) is 0 Å². The molecule has 33 heavy (non-hydrogen) atoms. The Labute approximate surface area is 193 Å². The molecule has 0 aliphatic rings. The highest BCUT2D eigenvalue weighted by Gasteiger charge is 2.19. The van der Waals surface area contributed by atoms with Crippen molar-refractivity contribution in [1.82, 2.24) is 10.2 Å². The highest BCUT2D eigenvalue weighted by molar-refractivity contribution is 5.98. The molecular formula is C26H27N3O4. The molecule has 0 saturated heterocycles. The van der Waals surface area contributed by atoms with Crippen molar-refractivity contribution < 1.29 is 19.1 Å². The number of carbonyl (C=O) groups is 3. The molecular weight excluding hydrogens is 418 g/mol. The summed E-state index contributed by atoms with van der Waals surface area (Å²) in [6.45, 7) is 1.85. The topological polar surface area (TPSA) is 87.7 Å². The van der Waals surface area contributed by atoms with Gasteiger partial charge in [0.05, 0.1) is 13.7 Å². The van der Waals surface area contributed by atoms with Crippen LogP contribution in [0.5, 0.6) is 5.75 Å². The minimum atomic E-state index is -0.420. The van der Waals surface area contributed by atoms with Crippen molar-refractivity contribution in [3.63, 3.8) is 0 Å². The van der Waals surface area contributed by atoms with Crippen molar-refractivity contribution >= 4 is 23.4 Å². The minimum absolute atomic E-state index is 0.169. The average Bonchev–Trinajstić information content (AvgIpc) is 2.83. The summed E-state index contributed by atoms with van der Waals surface area (Å²) < 4.78 is 5.09. The molecule has 0 aromatic heterocycles. The van der Waals surface area contributed by atoms with Gasteiger partial charge in [0.25, 0.3) is 5.91 Å². The van der Waals surface area contributed by atoms with Crippen molar-refractivity contribution in [2.75, 3.05) is 25.5 Å². The van der Waals surface area contributed by atoms with Crippen molar-refractivity contribution in [2.45, 2.75) is 13.5 Å². The molecule has 170 valence electrons. The van der Waals surface area contributed by atoms with Gasteiger partial charge < -0.3 is 20.3 Å². The summed E-state index contributed by atoms with van der Waals surface area (Å²) in [4.78, 5) is 39.3. The van der Waals surface area contributed by atoms with Crippen LogP contribution in [0.4, 0.5) is 5.69 Å². The number of anilines is 1. The maximum absolute atomic E-state index is 13.1. The lowest BCUT2D eigenvalue weighted by molar-refractivity contribution is -0.124. The molecule has 0 bridgehead atoms. The molecule has 3 amide bonds. The Morgan fingerprint density at radius 2 is 1.52 bits per heavy atom. The average molecular weight is 446 g/mol. The number of hydrogen-bond donors (Lipinski definition) is 2. The molecule has 0 saturated carbocycles. The van der Waals surface area contributed by atoms with Gasteiger partial charge in [-0.05, 0) is 48.9 Å². The maximum Gasteiger partial charge on any atom is 0.254 e. The SMILES string of the molecule is COc1ccc(NC(=O)CNC(=O)CN(Cc2ccccc2)C(=O)c2ccc(C)cc2)cc1. The van der Waals surface area contributed by atoms with Crippen LogP contribution in [-0.4, -0.2) is 42.8 Å². The van der Waals surface area contributed by atoms with Gasteiger partial charge in [-0.25, -0.2) is 0 Å².